The molecule has 0 aromatic heterocycles. The van der Waals surface area contributed by atoms with Crippen molar-refractivity contribution in [1.29, 1.82) is 0 Å². The number of anilines is 1. The van der Waals surface area contributed by atoms with Crippen LogP contribution in [-0.4, -0.2) is 70.4 Å². The van der Waals surface area contributed by atoms with E-state index in [1.165, 1.54) is 6.07 Å². The number of rotatable bonds is 7. The van der Waals surface area contributed by atoms with E-state index in [-0.39, 0.29) is 36.6 Å². The maximum atomic E-state index is 13.3. The number of nitrogens with zero attached hydrogens (tertiary/aromatic N) is 3. The smallest absolute Gasteiger partial charge is 0.383 e. The number of piperazine rings is 1. The van der Waals surface area contributed by atoms with Gasteiger partial charge in [0.2, 0.25) is 0 Å². The van der Waals surface area contributed by atoms with Gasteiger partial charge in [0, 0.05) is 51.6 Å². The quantitative estimate of drug-likeness (QED) is 0.315. The molecule has 0 saturated carbocycles. The lowest BCUT2D eigenvalue weighted by Gasteiger charge is -2.35. The van der Waals surface area contributed by atoms with Crippen molar-refractivity contribution in [2.45, 2.75) is 32.6 Å². The van der Waals surface area contributed by atoms with Gasteiger partial charge < -0.3 is 25.2 Å². The standard InChI is InChI=1S/C20H32F3N5O.HI/c1-5-24-19(26-15(2)14-29-4)25-13-16-12-17(20(21,22)23)6-7-18(16)28-10-8-27(3)9-11-28;/h6-7,12,15H,5,8-11,13-14H2,1-4H3,(H2,24,25,26);1H. The highest BCUT2D eigenvalue weighted by atomic mass is 127. The van der Waals surface area contributed by atoms with Gasteiger partial charge in [0.15, 0.2) is 5.96 Å². The maximum absolute atomic E-state index is 13.3. The van der Waals surface area contributed by atoms with Gasteiger partial charge in [0.25, 0.3) is 0 Å². The molecule has 1 aromatic rings. The van der Waals surface area contributed by atoms with Crippen LogP contribution in [-0.2, 0) is 17.5 Å². The minimum Gasteiger partial charge on any atom is -0.383 e. The van der Waals surface area contributed by atoms with Crippen LogP contribution >= 0.6 is 24.0 Å². The summed E-state index contributed by atoms with van der Waals surface area (Å²) in [5.41, 5.74) is 0.739. The van der Waals surface area contributed by atoms with Crippen molar-refractivity contribution >= 4 is 35.6 Å². The Hall–Kier alpha value is -1.27. The number of methoxy groups -OCH3 is 1. The fourth-order valence-corrected chi connectivity index (χ4v) is 3.25. The zero-order valence-electron chi connectivity index (χ0n) is 18.1. The Morgan fingerprint density at radius 3 is 2.47 bits per heavy atom. The molecule has 0 radical (unpaired) electrons. The van der Waals surface area contributed by atoms with Gasteiger partial charge in [-0.05, 0) is 44.7 Å². The highest BCUT2D eigenvalue weighted by Gasteiger charge is 2.31. The van der Waals surface area contributed by atoms with Crippen molar-refractivity contribution in [2.24, 2.45) is 4.99 Å². The van der Waals surface area contributed by atoms with E-state index in [0.29, 0.717) is 24.7 Å². The predicted molar refractivity (Wildman–Crippen MR) is 126 cm³/mol. The molecule has 2 rings (SSSR count). The average Bonchev–Trinajstić information content (AvgIpc) is 2.66. The Bertz CT molecular complexity index is 679. The van der Waals surface area contributed by atoms with E-state index in [1.54, 1.807) is 13.2 Å². The number of ether oxygens (including phenoxy) is 1. The summed E-state index contributed by atoms with van der Waals surface area (Å²) in [5, 5.41) is 6.34. The third-order valence-electron chi connectivity index (χ3n) is 4.80. The molecule has 2 N–H and O–H groups in total. The lowest BCUT2D eigenvalue weighted by atomic mass is 10.1. The molecule has 1 heterocycles. The SMILES string of the molecule is CCNC(=NCc1cc(C(F)(F)F)ccc1N1CCN(C)CC1)NC(C)COC.I. The first-order valence-corrected chi connectivity index (χ1v) is 9.92. The van der Waals surface area contributed by atoms with Crippen molar-refractivity contribution in [3.05, 3.63) is 29.3 Å². The summed E-state index contributed by atoms with van der Waals surface area (Å²) >= 11 is 0. The molecule has 1 aromatic carbocycles. The number of guanidine groups is 1. The van der Waals surface area contributed by atoms with Crippen LogP contribution in [0.5, 0.6) is 0 Å². The summed E-state index contributed by atoms with van der Waals surface area (Å²) in [6.45, 7) is 8.52. The highest BCUT2D eigenvalue weighted by molar-refractivity contribution is 14.0. The Kier molecular flexibility index (Phi) is 11.2. The van der Waals surface area contributed by atoms with E-state index in [9.17, 15) is 13.2 Å². The molecule has 1 unspecified atom stereocenters. The summed E-state index contributed by atoms with van der Waals surface area (Å²) in [5.74, 6) is 0.554. The molecule has 0 aliphatic carbocycles. The summed E-state index contributed by atoms with van der Waals surface area (Å²) < 4.78 is 44.9. The third kappa shape index (κ3) is 8.10. The molecule has 1 fully saturated rings. The number of halogens is 4. The van der Waals surface area contributed by atoms with E-state index in [2.05, 4.69) is 25.4 Å². The first-order chi connectivity index (χ1) is 13.7. The molecule has 30 heavy (non-hydrogen) atoms. The molecule has 0 bridgehead atoms. The second-order valence-corrected chi connectivity index (χ2v) is 7.33. The number of alkyl halides is 3. The zero-order chi connectivity index (χ0) is 21.4. The first-order valence-electron chi connectivity index (χ1n) is 9.92. The molecule has 0 spiro atoms. The largest absolute Gasteiger partial charge is 0.416 e. The van der Waals surface area contributed by atoms with Gasteiger partial charge in [0.05, 0.1) is 18.7 Å². The zero-order valence-corrected chi connectivity index (χ0v) is 20.4. The van der Waals surface area contributed by atoms with E-state index in [4.69, 9.17) is 4.74 Å². The number of nitrogens with one attached hydrogen (secondary N) is 2. The van der Waals surface area contributed by atoms with E-state index < -0.39 is 11.7 Å². The van der Waals surface area contributed by atoms with Crippen LogP contribution in [0.2, 0.25) is 0 Å². The lowest BCUT2D eigenvalue weighted by Crippen LogP contribution is -2.45. The predicted octanol–water partition coefficient (Wildman–Crippen LogP) is 3.17. The molecule has 1 aliphatic rings. The van der Waals surface area contributed by atoms with Gasteiger partial charge in [-0.1, -0.05) is 0 Å². The molecular formula is C20H33F3IN5O. The normalized spacial score (nSPS) is 16.8. The summed E-state index contributed by atoms with van der Waals surface area (Å²) in [4.78, 5) is 8.88. The van der Waals surface area contributed by atoms with E-state index in [1.807, 2.05) is 20.9 Å². The summed E-state index contributed by atoms with van der Waals surface area (Å²) in [6, 6.07) is 3.98. The lowest BCUT2D eigenvalue weighted by molar-refractivity contribution is -0.137. The number of likely N-dealkylation sites (N-methyl/N-ethyl adjacent to an activating group) is 1. The van der Waals surface area contributed by atoms with Crippen molar-refractivity contribution in [3.8, 4) is 0 Å². The fraction of sp³-hybridized carbons (Fsp3) is 0.650. The molecule has 0 amide bonds. The van der Waals surface area contributed by atoms with Crippen LogP contribution in [0.15, 0.2) is 23.2 Å². The molecule has 10 heteroatoms. The third-order valence-corrected chi connectivity index (χ3v) is 4.80. The molecule has 1 saturated heterocycles. The number of aliphatic imine (C=N–C) groups is 1. The van der Waals surface area contributed by atoms with Gasteiger partial charge >= 0.3 is 6.18 Å². The molecule has 1 atom stereocenters. The van der Waals surface area contributed by atoms with Crippen LogP contribution in [0.3, 0.4) is 0 Å². The fourth-order valence-electron chi connectivity index (χ4n) is 3.25. The summed E-state index contributed by atoms with van der Waals surface area (Å²) in [6.07, 6.45) is -4.38. The monoisotopic (exact) mass is 543 g/mol. The first kappa shape index (κ1) is 26.8. The van der Waals surface area contributed by atoms with Crippen molar-refractivity contribution in [2.75, 3.05) is 58.4 Å². The minimum atomic E-state index is -4.38. The molecule has 1 aliphatic heterocycles. The van der Waals surface area contributed by atoms with Crippen LogP contribution in [0.1, 0.15) is 25.0 Å². The van der Waals surface area contributed by atoms with Crippen molar-refractivity contribution in [3.63, 3.8) is 0 Å². The van der Waals surface area contributed by atoms with Gasteiger partial charge in [-0.2, -0.15) is 13.2 Å². The number of benzene rings is 1. The van der Waals surface area contributed by atoms with Gasteiger partial charge in [-0.3, -0.25) is 0 Å². The average molecular weight is 543 g/mol. The summed E-state index contributed by atoms with van der Waals surface area (Å²) in [7, 11) is 3.66. The van der Waals surface area contributed by atoms with Gasteiger partial charge in [0.1, 0.15) is 0 Å². The Morgan fingerprint density at radius 2 is 1.90 bits per heavy atom. The van der Waals surface area contributed by atoms with Crippen LogP contribution in [0.4, 0.5) is 18.9 Å². The Balaban J connectivity index is 0.00000450. The number of hydrogen-bond acceptors (Lipinski definition) is 4. The Labute approximate surface area is 194 Å². The van der Waals surface area contributed by atoms with E-state index >= 15 is 0 Å². The minimum absolute atomic E-state index is 0. The highest BCUT2D eigenvalue weighted by Crippen LogP contribution is 2.33. The van der Waals surface area contributed by atoms with Crippen LogP contribution in [0.25, 0.3) is 0 Å². The van der Waals surface area contributed by atoms with Crippen LogP contribution < -0.4 is 15.5 Å². The van der Waals surface area contributed by atoms with Gasteiger partial charge in [-0.15, -0.1) is 24.0 Å². The Morgan fingerprint density at radius 1 is 1.23 bits per heavy atom. The van der Waals surface area contributed by atoms with Crippen LogP contribution in [0, 0.1) is 0 Å². The second kappa shape index (κ2) is 12.6. The topological polar surface area (TPSA) is 52.1 Å². The maximum Gasteiger partial charge on any atom is 0.416 e. The van der Waals surface area contributed by atoms with Gasteiger partial charge in [-0.25, -0.2) is 4.99 Å². The molecule has 6 nitrogen and oxygen atoms in total. The molecule has 172 valence electrons. The number of hydrogen-bond donors (Lipinski definition) is 2. The van der Waals surface area contributed by atoms with E-state index in [0.717, 1.165) is 37.9 Å². The molecular weight excluding hydrogens is 510 g/mol. The van der Waals surface area contributed by atoms with Crippen molar-refractivity contribution < 1.29 is 17.9 Å². The second-order valence-electron chi connectivity index (χ2n) is 7.33. The van der Waals surface area contributed by atoms with Crippen molar-refractivity contribution in [1.82, 2.24) is 15.5 Å².